The summed E-state index contributed by atoms with van der Waals surface area (Å²) in [6.07, 6.45) is -0.0993. The van der Waals surface area contributed by atoms with Crippen LogP contribution in [0.5, 0.6) is 5.75 Å². The average molecular weight is 537 g/mol. The molecule has 1 aliphatic rings. The molecule has 1 aliphatic heterocycles. The number of hydrogen-bond donors (Lipinski definition) is 1. The average Bonchev–Trinajstić information content (AvgIpc) is 3.34. The van der Waals surface area contributed by atoms with Crippen molar-refractivity contribution in [3.8, 4) is 16.9 Å². The Bertz CT molecular complexity index is 1580. The van der Waals surface area contributed by atoms with E-state index in [1.54, 1.807) is 17.6 Å². The number of aromatic nitrogens is 1. The lowest BCUT2D eigenvalue weighted by Gasteiger charge is -2.25. The molecule has 2 heterocycles. The Morgan fingerprint density at radius 2 is 1.71 bits per heavy atom. The van der Waals surface area contributed by atoms with Crippen molar-refractivity contribution in [2.45, 2.75) is 37.4 Å². The third-order valence-corrected chi connectivity index (χ3v) is 8.39. The number of aryl methyl sites for hydroxylation is 1. The zero-order chi connectivity index (χ0) is 27.1. The second-order valence-electron chi connectivity index (χ2n) is 9.48. The van der Waals surface area contributed by atoms with E-state index in [-0.39, 0.29) is 28.9 Å². The smallest absolute Gasteiger partial charge is 0.260 e. The molecule has 196 valence electrons. The second-order valence-corrected chi connectivity index (χ2v) is 10.5. The van der Waals surface area contributed by atoms with Gasteiger partial charge in [-0.25, -0.2) is 13.2 Å². The summed E-state index contributed by atoms with van der Waals surface area (Å²) >= 11 is 1.42. The number of fused-ring (bicyclic) bond motifs is 1. The van der Waals surface area contributed by atoms with Crippen LogP contribution in [0.25, 0.3) is 11.1 Å². The SMILES string of the molecule is COc1cccc(-c2c(C)c(Cc3c(F)cccc3F)c3n(c2=O)[C@@H](C(N)c2cccc(C)c2)CS3)c1F. The van der Waals surface area contributed by atoms with Crippen molar-refractivity contribution >= 4 is 11.8 Å². The molecule has 0 aliphatic carbocycles. The Labute approximate surface area is 223 Å². The van der Waals surface area contributed by atoms with Crippen LogP contribution in [-0.2, 0) is 6.42 Å². The van der Waals surface area contributed by atoms with E-state index >= 15 is 4.39 Å². The first-order valence-electron chi connectivity index (χ1n) is 12.2. The van der Waals surface area contributed by atoms with Crippen molar-refractivity contribution in [3.63, 3.8) is 0 Å². The minimum Gasteiger partial charge on any atom is -0.494 e. The van der Waals surface area contributed by atoms with Crippen LogP contribution in [-0.4, -0.2) is 17.4 Å². The molecule has 4 nitrogen and oxygen atoms in total. The Kier molecular flexibility index (Phi) is 7.11. The van der Waals surface area contributed by atoms with Crippen LogP contribution < -0.4 is 16.0 Å². The molecule has 0 spiro atoms. The van der Waals surface area contributed by atoms with E-state index in [0.717, 1.165) is 11.1 Å². The number of nitrogens with zero attached hydrogens (tertiary/aromatic N) is 1. The topological polar surface area (TPSA) is 57.2 Å². The first kappa shape index (κ1) is 26.1. The number of nitrogens with two attached hydrogens (primary N) is 1. The fourth-order valence-corrected chi connectivity index (χ4v) is 6.60. The molecular formula is C30H27F3N2O2S. The third kappa shape index (κ3) is 4.41. The number of methoxy groups -OCH3 is 1. The molecule has 2 atom stereocenters. The molecule has 0 saturated carbocycles. The van der Waals surface area contributed by atoms with Crippen molar-refractivity contribution in [1.82, 2.24) is 4.57 Å². The number of thioether (sulfide) groups is 1. The van der Waals surface area contributed by atoms with Crippen molar-refractivity contribution in [2.75, 3.05) is 12.9 Å². The fraction of sp³-hybridized carbons (Fsp3) is 0.233. The van der Waals surface area contributed by atoms with Crippen molar-refractivity contribution in [2.24, 2.45) is 5.73 Å². The normalized spacial score (nSPS) is 15.4. The molecule has 3 aromatic carbocycles. The van der Waals surface area contributed by atoms with E-state index in [2.05, 4.69) is 0 Å². The number of pyridine rings is 1. The maximum Gasteiger partial charge on any atom is 0.260 e. The third-order valence-electron chi connectivity index (χ3n) is 7.17. The maximum absolute atomic E-state index is 15.5. The standard InChI is InChI=1S/C30H27F3N2O2S/c1-16-7-4-8-18(13-16)28(34)24-15-38-30-20(14-21-22(31)10-6-11-23(21)32)17(2)26(29(36)35(24)30)19-9-5-12-25(37-3)27(19)33/h4-13,24,28H,14-15,34H2,1-3H3/t24-,28?/m1/s1. The Hall–Kier alpha value is -3.49. The van der Waals surface area contributed by atoms with Crippen LogP contribution in [0.3, 0.4) is 0 Å². The number of rotatable bonds is 6. The molecule has 1 aromatic heterocycles. The number of ether oxygens (including phenoxy) is 1. The van der Waals surface area contributed by atoms with Crippen LogP contribution in [0.15, 0.2) is 70.5 Å². The van der Waals surface area contributed by atoms with Gasteiger partial charge in [0.25, 0.3) is 5.56 Å². The van der Waals surface area contributed by atoms with Crippen molar-refractivity contribution < 1.29 is 17.9 Å². The molecule has 5 rings (SSSR count). The van der Waals surface area contributed by atoms with E-state index in [1.165, 1.54) is 49.2 Å². The summed E-state index contributed by atoms with van der Waals surface area (Å²) in [5, 5.41) is 0.593. The molecule has 2 N–H and O–H groups in total. The van der Waals surface area contributed by atoms with Gasteiger partial charge in [-0.3, -0.25) is 9.36 Å². The number of halogens is 3. The van der Waals surface area contributed by atoms with Crippen molar-refractivity contribution in [1.29, 1.82) is 0 Å². The zero-order valence-corrected chi connectivity index (χ0v) is 22.0. The van der Waals surface area contributed by atoms with Crippen LogP contribution in [0.2, 0.25) is 0 Å². The summed E-state index contributed by atoms with van der Waals surface area (Å²) in [7, 11) is 1.35. The van der Waals surface area contributed by atoms with Gasteiger partial charge in [0.05, 0.1) is 29.8 Å². The summed E-state index contributed by atoms with van der Waals surface area (Å²) in [6, 6.07) is 15.1. The van der Waals surface area contributed by atoms with Gasteiger partial charge >= 0.3 is 0 Å². The van der Waals surface area contributed by atoms with Gasteiger partial charge < -0.3 is 10.5 Å². The summed E-state index contributed by atoms with van der Waals surface area (Å²) < 4.78 is 51.7. The van der Waals surface area contributed by atoms with Crippen LogP contribution in [0, 0.1) is 31.3 Å². The van der Waals surface area contributed by atoms with E-state index < -0.39 is 35.1 Å². The molecule has 0 radical (unpaired) electrons. The lowest BCUT2D eigenvalue weighted by atomic mass is 9.93. The van der Waals surface area contributed by atoms with Gasteiger partial charge in [0.15, 0.2) is 11.6 Å². The molecule has 4 aromatic rings. The van der Waals surface area contributed by atoms with E-state index in [0.29, 0.717) is 21.9 Å². The first-order chi connectivity index (χ1) is 18.2. The van der Waals surface area contributed by atoms with Crippen LogP contribution >= 0.6 is 11.8 Å². The minimum absolute atomic E-state index is 0.00381. The van der Waals surface area contributed by atoms with Gasteiger partial charge in [-0.05, 0) is 48.7 Å². The maximum atomic E-state index is 15.5. The molecule has 0 bridgehead atoms. The quantitative estimate of drug-likeness (QED) is 0.306. The van der Waals surface area contributed by atoms with Crippen LogP contribution in [0.4, 0.5) is 13.2 Å². The number of hydrogen-bond acceptors (Lipinski definition) is 4. The van der Waals surface area contributed by atoms with Crippen LogP contribution in [0.1, 0.15) is 39.9 Å². The zero-order valence-electron chi connectivity index (χ0n) is 21.2. The summed E-state index contributed by atoms with van der Waals surface area (Å²) in [4.78, 5) is 14.1. The molecule has 8 heteroatoms. The second kappa shape index (κ2) is 10.3. The van der Waals surface area contributed by atoms with Crippen molar-refractivity contribution in [3.05, 3.63) is 116 Å². The predicted molar refractivity (Wildman–Crippen MR) is 144 cm³/mol. The van der Waals surface area contributed by atoms with Gasteiger partial charge in [0, 0.05) is 23.3 Å². The van der Waals surface area contributed by atoms with Gasteiger partial charge in [-0.2, -0.15) is 0 Å². The lowest BCUT2D eigenvalue weighted by Crippen LogP contribution is -2.33. The van der Waals surface area contributed by atoms with Gasteiger partial charge in [-0.15, -0.1) is 11.8 Å². The largest absolute Gasteiger partial charge is 0.494 e. The van der Waals surface area contributed by atoms with E-state index in [4.69, 9.17) is 10.5 Å². The summed E-state index contributed by atoms with van der Waals surface area (Å²) in [5.74, 6) is -1.56. The minimum atomic E-state index is -0.681. The molecule has 1 unspecified atom stereocenters. The molecule has 0 amide bonds. The molecular weight excluding hydrogens is 509 g/mol. The van der Waals surface area contributed by atoms with Gasteiger partial charge in [0.2, 0.25) is 0 Å². The first-order valence-corrected chi connectivity index (χ1v) is 13.2. The number of benzene rings is 3. The molecule has 0 saturated heterocycles. The monoisotopic (exact) mass is 536 g/mol. The Balaban J connectivity index is 1.77. The summed E-state index contributed by atoms with van der Waals surface area (Å²) in [5.41, 5.74) is 9.33. The Morgan fingerprint density at radius 3 is 2.39 bits per heavy atom. The van der Waals surface area contributed by atoms with Gasteiger partial charge in [0.1, 0.15) is 11.6 Å². The van der Waals surface area contributed by atoms with E-state index in [1.807, 2.05) is 31.2 Å². The predicted octanol–water partition coefficient (Wildman–Crippen LogP) is 6.50. The lowest BCUT2D eigenvalue weighted by molar-refractivity contribution is 0.387. The molecule has 38 heavy (non-hydrogen) atoms. The van der Waals surface area contributed by atoms with E-state index in [9.17, 15) is 13.6 Å². The highest BCUT2D eigenvalue weighted by Crippen LogP contribution is 2.44. The van der Waals surface area contributed by atoms with Gasteiger partial charge in [-0.1, -0.05) is 48.0 Å². The molecule has 0 fully saturated rings. The highest BCUT2D eigenvalue weighted by atomic mass is 32.2. The highest BCUT2D eigenvalue weighted by molar-refractivity contribution is 7.99. The highest BCUT2D eigenvalue weighted by Gasteiger charge is 2.35. The summed E-state index contributed by atoms with van der Waals surface area (Å²) in [6.45, 7) is 3.66. The fourth-order valence-electron chi connectivity index (χ4n) is 5.16. The Morgan fingerprint density at radius 1 is 1.03 bits per heavy atom.